The first-order valence-electron chi connectivity index (χ1n) is 6.90. The molecular weight excluding hydrogens is 326 g/mol. The Labute approximate surface area is 134 Å². The number of hydrogen-bond acceptors (Lipinski definition) is 1. The van der Waals surface area contributed by atoms with Crippen LogP contribution in [-0.4, -0.2) is 5.91 Å². The van der Waals surface area contributed by atoms with E-state index in [2.05, 4.69) is 47.2 Å². The van der Waals surface area contributed by atoms with Crippen LogP contribution in [0.15, 0.2) is 59.1 Å². The Kier molecular flexibility index (Phi) is 5.34. The lowest BCUT2D eigenvalue weighted by atomic mass is 10.1. The summed E-state index contributed by atoms with van der Waals surface area (Å²) in [5.74, 6) is 0.414. The van der Waals surface area contributed by atoms with Crippen LogP contribution in [0.5, 0.6) is 0 Å². The third kappa shape index (κ3) is 4.87. The van der Waals surface area contributed by atoms with Crippen molar-refractivity contribution < 1.29 is 4.79 Å². The van der Waals surface area contributed by atoms with Crippen LogP contribution in [0.4, 0.5) is 5.69 Å². The molecule has 0 atom stereocenters. The third-order valence-electron chi connectivity index (χ3n) is 2.93. The third-order valence-corrected chi connectivity index (χ3v) is 3.42. The predicted molar refractivity (Wildman–Crippen MR) is 92.4 cm³/mol. The number of carbonyl (C=O) groups is 1. The minimum Gasteiger partial charge on any atom is -0.322 e. The molecule has 0 spiro atoms. The molecule has 108 valence electrons. The van der Waals surface area contributed by atoms with Gasteiger partial charge in [0.2, 0.25) is 0 Å². The molecule has 0 aliphatic carbocycles. The lowest BCUT2D eigenvalue weighted by Gasteiger charge is -2.06. The number of amides is 1. The van der Waals surface area contributed by atoms with Crippen LogP contribution in [0.2, 0.25) is 0 Å². The molecule has 0 saturated heterocycles. The Morgan fingerprint density at radius 3 is 2.48 bits per heavy atom. The fourth-order valence-electron chi connectivity index (χ4n) is 1.82. The number of carbonyl (C=O) groups excluding carboxylic acids is 1. The normalized spacial score (nSPS) is 11.0. The molecule has 0 heterocycles. The molecule has 21 heavy (non-hydrogen) atoms. The number of rotatable bonds is 4. The first kappa shape index (κ1) is 15.5. The highest BCUT2D eigenvalue weighted by molar-refractivity contribution is 9.10. The van der Waals surface area contributed by atoms with Crippen LogP contribution in [0.1, 0.15) is 29.8 Å². The molecule has 0 bridgehead atoms. The molecule has 0 fully saturated rings. The van der Waals surface area contributed by atoms with Gasteiger partial charge in [0.15, 0.2) is 0 Å². The number of hydrogen-bond donors (Lipinski definition) is 1. The second kappa shape index (κ2) is 7.23. The Morgan fingerprint density at radius 2 is 1.86 bits per heavy atom. The monoisotopic (exact) mass is 343 g/mol. The molecule has 2 aromatic carbocycles. The zero-order chi connectivity index (χ0) is 15.2. The second-order valence-corrected chi connectivity index (χ2v) is 6.11. The van der Waals surface area contributed by atoms with Crippen molar-refractivity contribution in [2.45, 2.75) is 13.8 Å². The number of allylic oxidation sites excluding steroid dienone is 1. The van der Waals surface area contributed by atoms with Gasteiger partial charge in [-0.2, -0.15) is 0 Å². The lowest BCUT2D eigenvalue weighted by Crippen LogP contribution is -2.11. The average Bonchev–Trinajstić information content (AvgIpc) is 2.45. The average molecular weight is 344 g/mol. The van der Waals surface area contributed by atoms with Gasteiger partial charge in [0.05, 0.1) is 0 Å². The summed E-state index contributed by atoms with van der Waals surface area (Å²) in [6.07, 6.45) is 4.21. The summed E-state index contributed by atoms with van der Waals surface area (Å²) >= 11 is 3.39. The molecule has 0 aromatic heterocycles. The standard InChI is InChI=1S/C18H18BrNO/c1-13(2)6-7-14-8-10-15(11-9-14)18(21)20-17-5-3-4-16(19)12-17/h3-13H,1-2H3,(H,20,21). The van der Waals surface area contributed by atoms with E-state index in [0.29, 0.717) is 11.5 Å². The Bertz CT molecular complexity index is 645. The maximum absolute atomic E-state index is 12.2. The Morgan fingerprint density at radius 1 is 1.14 bits per heavy atom. The highest BCUT2D eigenvalue weighted by Crippen LogP contribution is 2.17. The molecule has 2 aromatic rings. The smallest absolute Gasteiger partial charge is 0.255 e. The molecule has 2 rings (SSSR count). The second-order valence-electron chi connectivity index (χ2n) is 5.19. The summed E-state index contributed by atoms with van der Waals surface area (Å²) in [6, 6.07) is 15.1. The molecule has 0 unspecified atom stereocenters. The minimum absolute atomic E-state index is 0.104. The summed E-state index contributed by atoms with van der Waals surface area (Å²) in [5, 5.41) is 2.88. The molecule has 1 N–H and O–H groups in total. The summed E-state index contributed by atoms with van der Waals surface area (Å²) in [5.41, 5.74) is 2.53. The van der Waals surface area contributed by atoms with Crippen LogP contribution in [0.3, 0.4) is 0 Å². The van der Waals surface area contributed by atoms with Gasteiger partial charge in [0.25, 0.3) is 5.91 Å². The fraction of sp³-hybridized carbons (Fsp3) is 0.167. The van der Waals surface area contributed by atoms with Crippen molar-refractivity contribution in [3.8, 4) is 0 Å². The van der Waals surface area contributed by atoms with Gasteiger partial charge in [-0.25, -0.2) is 0 Å². The largest absolute Gasteiger partial charge is 0.322 e. The van der Waals surface area contributed by atoms with Crippen LogP contribution < -0.4 is 5.32 Å². The maximum Gasteiger partial charge on any atom is 0.255 e. The van der Waals surface area contributed by atoms with Crippen LogP contribution in [-0.2, 0) is 0 Å². The number of halogens is 1. The summed E-state index contributed by atoms with van der Waals surface area (Å²) in [4.78, 5) is 12.2. The number of benzene rings is 2. The molecule has 1 amide bonds. The summed E-state index contributed by atoms with van der Waals surface area (Å²) in [7, 11) is 0. The van der Waals surface area contributed by atoms with Crippen molar-refractivity contribution >= 4 is 33.6 Å². The van der Waals surface area contributed by atoms with Gasteiger partial charge < -0.3 is 5.32 Å². The fourth-order valence-corrected chi connectivity index (χ4v) is 2.22. The van der Waals surface area contributed by atoms with Crippen molar-refractivity contribution in [1.29, 1.82) is 0 Å². The first-order chi connectivity index (χ1) is 10.0. The van der Waals surface area contributed by atoms with E-state index >= 15 is 0 Å². The summed E-state index contributed by atoms with van der Waals surface area (Å²) in [6.45, 7) is 4.27. The molecule has 0 radical (unpaired) electrons. The first-order valence-corrected chi connectivity index (χ1v) is 7.69. The quantitative estimate of drug-likeness (QED) is 0.794. The van der Waals surface area contributed by atoms with E-state index in [1.165, 1.54) is 0 Å². The van der Waals surface area contributed by atoms with Gasteiger partial charge >= 0.3 is 0 Å². The van der Waals surface area contributed by atoms with Crippen molar-refractivity contribution in [2.75, 3.05) is 5.32 Å². The predicted octanol–water partition coefficient (Wildman–Crippen LogP) is 5.37. The zero-order valence-corrected chi connectivity index (χ0v) is 13.7. The Balaban J connectivity index is 2.06. The van der Waals surface area contributed by atoms with Crippen molar-refractivity contribution in [1.82, 2.24) is 0 Å². The minimum atomic E-state index is -0.104. The van der Waals surface area contributed by atoms with E-state index in [4.69, 9.17) is 0 Å². The number of nitrogens with one attached hydrogen (secondary N) is 1. The van der Waals surface area contributed by atoms with Crippen molar-refractivity contribution in [3.05, 3.63) is 70.2 Å². The van der Waals surface area contributed by atoms with Gasteiger partial charge in [-0.15, -0.1) is 0 Å². The van der Waals surface area contributed by atoms with Gasteiger partial charge in [0.1, 0.15) is 0 Å². The molecule has 2 nitrogen and oxygen atoms in total. The maximum atomic E-state index is 12.2. The summed E-state index contributed by atoms with van der Waals surface area (Å²) < 4.78 is 0.939. The van der Waals surface area contributed by atoms with Crippen molar-refractivity contribution in [3.63, 3.8) is 0 Å². The highest BCUT2D eigenvalue weighted by Gasteiger charge is 2.05. The number of anilines is 1. The molecule has 0 aliphatic rings. The highest BCUT2D eigenvalue weighted by atomic mass is 79.9. The van der Waals surface area contributed by atoms with E-state index in [1.807, 2.05) is 48.5 Å². The molecule has 0 saturated carbocycles. The van der Waals surface area contributed by atoms with Gasteiger partial charge in [-0.1, -0.05) is 60.1 Å². The molecule has 3 heteroatoms. The van der Waals surface area contributed by atoms with E-state index in [-0.39, 0.29) is 5.91 Å². The van der Waals surface area contributed by atoms with E-state index < -0.39 is 0 Å². The van der Waals surface area contributed by atoms with Crippen LogP contribution in [0, 0.1) is 5.92 Å². The van der Waals surface area contributed by atoms with Crippen LogP contribution in [0.25, 0.3) is 6.08 Å². The van der Waals surface area contributed by atoms with Gasteiger partial charge in [-0.3, -0.25) is 4.79 Å². The lowest BCUT2D eigenvalue weighted by molar-refractivity contribution is 0.102. The van der Waals surface area contributed by atoms with E-state index in [0.717, 1.165) is 15.7 Å². The SMILES string of the molecule is CC(C)C=Cc1ccc(C(=O)Nc2cccc(Br)c2)cc1. The van der Waals surface area contributed by atoms with Gasteiger partial charge in [0, 0.05) is 15.7 Å². The topological polar surface area (TPSA) is 29.1 Å². The Hall–Kier alpha value is -1.87. The van der Waals surface area contributed by atoms with Gasteiger partial charge in [-0.05, 0) is 41.8 Å². The van der Waals surface area contributed by atoms with E-state index in [1.54, 1.807) is 0 Å². The van der Waals surface area contributed by atoms with E-state index in [9.17, 15) is 4.79 Å². The molecular formula is C18H18BrNO. The molecule has 0 aliphatic heterocycles. The van der Waals surface area contributed by atoms with Crippen LogP contribution >= 0.6 is 15.9 Å². The zero-order valence-electron chi connectivity index (χ0n) is 12.1. The van der Waals surface area contributed by atoms with Crippen molar-refractivity contribution in [2.24, 2.45) is 5.92 Å².